The quantitative estimate of drug-likeness (QED) is 0.768. The van der Waals surface area contributed by atoms with Crippen LogP contribution in [-0.4, -0.2) is 41.1 Å². The molecule has 6 nitrogen and oxygen atoms in total. The molecule has 0 atom stereocenters. The van der Waals surface area contributed by atoms with Crippen molar-refractivity contribution < 1.29 is 13.2 Å². The van der Waals surface area contributed by atoms with Gasteiger partial charge in [0.2, 0.25) is 20.9 Å². The summed E-state index contributed by atoms with van der Waals surface area (Å²) in [6.45, 7) is 4.80. The first kappa shape index (κ1) is 20.1. The fraction of sp³-hybridized carbons (Fsp3) is 0.545. The fourth-order valence-electron chi connectivity index (χ4n) is 4.61. The number of hydrogen-bond donors (Lipinski definition) is 0. The van der Waals surface area contributed by atoms with Crippen LogP contribution in [0, 0.1) is 13.8 Å². The molecule has 29 heavy (non-hydrogen) atoms. The van der Waals surface area contributed by atoms with Crippen molar-refractivity contribution in [3.05, 3.63) is 46.8 Å². The van der Waals surface area contributed by atoms with E-state index in [1.807, 2.05) is 36.6 Å². The minimum absolute atomic E-state index is 0.0742. The molecule has 1 aliphatic heterocycles. The highest BCUT2D eigenvalue weighted by atomic mass is 32.2. The number of nitrogens with zero attached hydrogens (tertiary/aromatic N) is 3. The van der Waals surface area contributed by atoms with Gasteiger partial charge in [-0.25, -0.2) is 13.4 Å². The summed E-state index contributed by atoms with van der Waals surface area (Å²) in [5, 5.41) is 0.0742. The van der Waals surface area contributed by atoms with Gasteiger partial charge in [-0.05, 0) is 44.2 Å². The number of benzene rings is 1. The molecule has 4 rings (SSSR count). The van der Waals surface area contributed by atoms with Gasteiger partial charge in [0, 0.05) is 24.8 Å². The van der Waals surface area contributed by atoms with Crippen LogP contribution in [0.4, 0.5) is 0 Å². The Hall–Kier alpha value is -2.15. The average Bonchev–Trinajstić information content (AvgIpc) is 3.03. The van der Waals surface area contributed by atoms with Crippen molar-refractivity contribution in [3.8, 4) is 0 Å². The predicted molar refractivity (Wildman–Crippen MR) is 111 cm³/mol. The summed E-state index contributed by atoms with van der Waals surface area (Å²) >= 11 is 0. The smallest absolute Gasteiger partial charge is 0.238 e. The standard InChI is InChI=1S/C22H29N3O3S/c1-16-17(2)25(20-10-4-3-5-11-20)22(23-16)29(27,28)15-21(26)24-13-12-18-8-6-7-9-19(18)14-24/h6-9,20H,3-5,10-15H2,1-2H3. The molecule has 156 valence electrons. The Morgan fingerprint density at radius 3 is 2.52 bits per heavy atom. The molecular formula is C22H29N3O3S. The minimum Gasteiger partial charge on any atom is -0.337 e. The maximum atomic E-state index is 13.2. The second-order valence-electron chi connectivity index (χ2n) is 8.32. The van der Waals surface area contributed by atoms with Crippen molar-refractivity contribution in [2.24, 2.45) is 0 Å². The van der Waals surface area contributed by atoms with Gasteiger partial charge in [0.15, 0.2) is 0 Å². The molecule has 1 aliphatic carbocycles. The van der Waals surface area contributed by atoms with Crippen LogP contribution in [0.5, 0.6) is 0 Å². The molecule has 1 saturated carbocycles. The highest BCUT2D eigenvalue weighted by Gasteiger charge is 2.32. The van der Waals surface area contributed by atoms with Crippen LogP contribution >= 0.6 is 0 Å². The molecule has 0 spiro atoms. The number of rotatable bonds is 4. The number of amides is 1. The Labute approximate surface area is 172 Å². The Bertz CT molecular complexity index is 1020. The zero-order chi connectivity index (χ0) is 20.6. The van der Waals surface area contributed by atoms with Gasteiger partial charge in [-0.15, -0.1) is 0 Å². The molecule has 1 aromatic carbocycles. The van der Waals surface area contributed by atoms with E-state index >= 15 is 0 Å². The van der Waals surface area contributed by atoms with Gasteiger partial charge in [-0.1, -0.05) is 43.5 Å². The lowest BCUT2D eigenvalue weighted by Gasteiger charge is -2.29. The third kappa shape index (κ3) is 3.97. The van der Waals surface area contributed by atoms with Gasteiger partial charge in [-0.3, -0.25) is 4.79 Å². The van der Waals surface area contributed by atoms with Gasteiger partial charge in [-0.2, -0.15) is 0 Å². The highest BCUT2D eigenvalue weighted by molar-refractivity contribution is 7.92. The Balaban J connectivity index is 1.56. The van der Waals surface area contributed by atoms with Gasteiger partial charge in [0.1, 0.15) is 5.75 Å². The molecule has 0 saturated heterocycles. The number of aromatic nitrogens is 2. The summed E-state index contributed by atoms with van der Waals surface area (Å²) < 4.78 is 28.3. The predicted octanol–water partition coefficient (Wildman–Crippen LogP) is 3.36. The molecular weight excluding hydrogens is 386 g/mol. The number of imidazole rings is 1. The van der Waals surface area contributed by atoms with Crippen LogP contribution in [0.1, 0.15) is 60.7 Å². The van der Waals surface area contributed by atoms with Gasteiger partial charge >= 0.3 is 0 Å². The van der Waals surface area contributed by atoms with E-state index in [4.69, 9.17) is 0 Å². The van der Waals surface area contributed by atoms with E-state index in [0.29, 0.717) is 13.1 Å². The van der Waals surface area contributed by atoms with E-state index in [1.54, 1.807) is 4.90 Å². The first-order valence-electron chi connectivity index (χ1n) is 10.5. The van der Waals surface area contributed by atoms with Crippen molar-refractivity contribution in [2.75, 3.05) is 12.3 Å². The maximum absolute atomic E-state index is 13.2. The third-order valence-electron chi connectivity index (χ3n) is 6.37. The summed E-state index contributed by atoms with van der Waals surface area (Å²) in [6, 6.07) is 8.19. The largest absolute Gasteiger partial charge is 0.337 e. The molecule has 0 bridgehead atoms. The van der Waals surface area contributed by atoms with Crippen LogP contribution in [0.15, 0.2) is 29.4 Å². The lowest BCUT2D eigenvalue weighted by Crippen LogP contribution is -2.39. The summed E-state index contributed by atoms with van der Waals surface area (Å²) in [5.74, 6) is -0.856. The highest BCUT2D eigenvalue weighted by Crippen LogP contribution is 2.33. The number of carbonyl (C=O) groups is 1. The zero-order valence-corrected chi connectivity index (χ0v) is 18.0. The summed E-state index contributed by atoms with van der Waals surface area (Å²) in [5.41, 5.74) is 3.96. The molecule has 0 radical (unpaired) electrons. The number of carbonyl (C=O) groups excluding carboxylic acids is 1. The molecule has 1 aromatic heterocycles. The van der Waals surface area contributed by atoms with Crippen molar-refractivity contribution in [1.29, 1.82) is 0 Å². The molecule has 2 aliphatic rings. The van der Waals surface area contributed by atoms with Gasteiger partial charge in [0.25, 0.3) is 0 Å². The first-order chi connectivity index (χ1) is 13.9. The van der Waals surface area contributed by atoms with Crippen LogP contribution in [-0.2, 0) is 27.6 Å². The van der Waals surface area contributed by atoms with Crippen LogP contribution in [0.3, 0.4) is 0 Å². The number of aryl methyl sites for hydroxylation is 1. The average molecular weight is 416 g/mol. The fourth-order valence-corrected chi connectivity index (χ4v) is 6.11. The van der Waals surface area contributed by atoms with E-state index in [0.717, 1.165) is 49.1 Å². The molecule has 1 amide bonds. The molecule has 7 heteroatoms. The number of hydrogen-bond acceptors (Lipinski definition) is 4. The van der Waals surface area contributed by atoms with Crippen molar-refractivity contribution in [3.63, 3.8) is 0 Å². The van der Waals surface area contributed by atoms with Crippen molar-refractivity contribution >= 4 is 15.7 Å². The number of sulfone groups is 1. The normalized spacial score (nSPS) is 17.9. The minimum atomic E-state index is -3.81. The molecule has 2 heterocycles. The van der Waals surface area contributed by atoms with E-state index in [9.17, 15) is 13.2 Å². The lowest BCUT2D eigenvalue weighted by molar-refractivity contribution is -0.129. The van der Waals surface area contributed by atoms with Crippen molar-refractivity contribution in [2.45, 2.75) is 70.1 Å². The summed E-state index contributed by atoms with van der Waals surface area (Å²) in [7, 11) is -3.81. The van der Waals surface area contributed by atoms with Crippen LogP contribution in [0.2, 0.25) is 0 Å². The van der Waals surface area contributed by atoms with Crippen LogP contribution < -0.4 is 0 Å². The number of fused-ring (bicyclic) bond motifs is 1. The Morgan fingerprint density at radius 1 is 1.10 bits per heavy atom. The van der Waals surface area contributed by atoms with E-state index in [2.05, 4.69) is 11.1 Å². The zero-order valence-electron chi connectivity index (χ0n) is 17.2. The Morgan fingerprint density at radius 2 is 1.79 bits per heavy atom. The Kier molecular flexibility index (Phi) is 5.51. The van der Waals surface area contributed by atoms with Crippen molar-refractivity contribution in [1.82, 2.24) is 14.5 Å². The first-order valence-corrected chi connectivity index (χ1v) is 12.1. The maximum Gasteiger partial charge on any atom is 0.238 e. The SMILES string of the molecule is Cc1nc(S(=O)(=O)CC(=O)N2CCc3ccccc3C2)n(C2CCCCC2)c1C. The lowest BCUT2D eigenvalue weighted by atomic mass is 9.95. The molecule has 0 N–H and O–H groups in total. The van der Waals surface area contributed by atoms with Gasteiger partial charge < -0.3 is 9.47 Å². The van der Waals surface area contributed by atoms with E-state index in [-0.39, 0.29) is 17.1 Å². The van der Waals surface area contributed by atoms with E-state index in [1.165, 1.54) is 12.0 Å². The second kappa shape index (κ2) is 7.94. The summed E-state index contributed by atoms with van der Waals surface area (Å²) in [6.07, 6.45) is 6.10. The molecule has 2 aromatic rings. The van der Waals surface area contributed by atoms with Crippen LogP contribution in [0.25, 0.3) is 0 Å². The molecule has 0 unspecified atom stereocenters. The monoisotopic (exact) mass is 415 g/mol. The van der Waals surface area contributed by atoms with E-state index < -0.39 is 15.6 Å². The van der Waals surface area contributed by atoms with Gasteiger partial charge in [0.05, 0.1) is 5.69 Å². The third-order valence-corrected chi connectivity index (χ3v) is 7.84. The summed E-state index contributed by atoms with van der Waals surface area (Å²) in [4.78, 5) is 18.9. The molecule has 1 fully saturated rings. The second-order valence-corrected chi connectivity index (χ2v) is 10.2. The topological polar surface area (TPSA) is 72.3 Å².